The van der Waals surface area contributed by atoms with Crippen LogP contribution in [0.1, 0.15) is 26.6 Å². The summed E-state index contributed by atoms with van der Waals surface area (Å²) in [4.78, 5) is 25.9. The molecule has 0 aliphatic carbocycles. The smallest absolute Gasteiger partial charge is 0.344 e. The fourth-order valence-corrected chi connectivity index (χ4v) is 4.24. The normalized spacial score (nSPS) is 10.9. The van der Waals surface area contributed by atoms with E-state index in [1.165, 1.54) is 4.88 Å². The lowest BCUT2D eigenvalue weighted by Gasteiger charge is -2.09. The third-order valence-electron chi connectivity index (χ3n) is 5.21. The number of thiophene rings is 1. The molecule has 6 heteroatoms. The zero-order chi connectivity index (χ0) is 21.8. The van der Waals surface area contributed by atoms with Gasteiger partial charge in [-0.15, -0.1) is 11.3 Å². The predicted octanol–water partition coefficient (Wildman–Crippen LogP) is 5.17. The van der Waals surface area contributed by atoms with Crippen molar-refractivity contribution in [2.75, 3.05) is 13.2 Å². The van der Waals surface area contributed by atoms with Gasteiger partial charge in [-0.3, -0.25) is 4.79 Å². The molecule has 31 heavy (non-hydrogen) atoms. The quantitative estimate of drug-likeness (QED) is 0.284. The second-order valence-electron chi connectivity index (χ2n) is 7.33. The van der Waals surface area contributed by atoms with Gasteiger partial charge in [0.05, 0.1) is 6.54 Å². The second-order valence-corrected chi connectivity index (χ2v) is 8.36. The highest BCUT2D eigenvalue weighted by Crippen LogP contribution is 2.21. The van der Waals surface area contributed by atoms with E-state index >= 15 is 0 Å². The highest BCUT2D eigenvalue weighted by Gasteiger charge is 2.18. The maximum Gasteiger partial charge on any atom is 0.344 e. The average molecular weight is 434 g/mol. The van der Waals surface area contributed by atoms with E-state index in [0.717, 1.165) is 28.7 Å². The van der Waals surface area contributed by atoms with Gasteiger partial charge in [0.15, 0.2) is 13.2 Å². The van der Waals surface area contributed by atoms with Crippen molar-refractivity contribution in [2.45, 2.75) is 20.4 Å². The molecule has 0 unspecified atom stereocenters. The van der Waals surface area contributed by atoms with Crippen LogP contribution < -0.4 is 4.74 Å². The molecule has 0 amide bonds. The van der Waals surface area contributed by atoms with Gasteiger partial charge in [0.25, 0.3) is 0 Å². The van der Waals surface area contributed by atoms with Gasteiger partial charge in [-0.05, 0) is 54.3 Å². The van der Waals surface area contributed by atoms with Gasteiger partial charge in [-0.25, -0.2) is 4.79 Å². The van der Waals surface area contributed by atoms with E-state index in [9.17, 15) is 9.59 Å². The van der Waals surface area contributed by atoms with E-state index < -0.39 is 5.97 Å². The standard InChI is InChI=1S/C25H23NO4S/c1-17-12-23(18(2)26(17)14-22-8-5-11-31-22)24(27)15-30-25(28)16-29-21-10-9-19-6-3-4-7-20(19)13-21/h3-13H,14-16H2,1-2H3. The van der Waals surface area contributed by atoms with Crippen LogP contribution in [-0.4, -0.2) is 29.5 Å². The van der Waals surface area contributed by atoms with Crippen LogP contribution in [0.3, 0.4) is 0 Å². The molecule has 0 fully saturated rings. The number of esters is 1. The highest BCUT2D eigenvalue weighted by molar-refractivity contribution is 7.09. The van der Waals surface area contributed by atoms with Crippen molar-refractivity contribution in [3.63, 3.8) is 0 Å². The number of rotatable bonds is 8. The molecule has 158 valence electrons. The van der Waals surface area contributed by atoms with Crippen molar-refractivity contribution < 1.29 is 19.1 Å². The number of benzene rings is 2. The van der Waals surface area contributed by atoms with Gasteiger partial charge in [0.1, 0.15) is 5.75 Å². The largest absolute Gasteiger partial charge is 0.482 e. The van der Waals surface area contributed by atoms with Crippen LogP contribution in [0.15, 0.2) is 66.0 Å². The molecule has 4 aromatic rings. The summed E-state index contributed by atoms with van der Waals surface area (Å²) in [5, 5.41) is 4.16. The summed E-state index contributed by atoms with van der Waals surface area (Å²) in [5.74, 6) is -0.211. The fraction of sp³-hybridized carbons (Fsp3) is 0.200. The van der Waals surface area contributed by atoms with Crippen LogP contribution >= 0.6 is 11.3 Å². The molecule has 4 rings (SSSR count). The van der Waals surface area contributed by atoms with Crippen LogP contribution in [0.4, 0.5) is 0 Å². The number of ether oxygens (including phenoxy) is 2. The lowest BCUT2D eigenvalue weighted by atomic mass is 10.1. The number of carbonyl (C=O) groups excluding carboxylic acids is 2. The van der Waals surface area contributed by atoms with Crippen molar-refractivity contribution in [1.82, 2.24) is 4.57 Å². The Morgan fingerprint density at radius 2 is 1.74 bits per heavy atom. The number of aromatic nitrogens is 1. The minimum absolute atomic E-state index is 0.218. The van der Waals surface area contributed by atoms with Crippen LogP contribution in [0, 0.1) is 13.8 Å². The van der Waals surface area contributed by atoms with Crippen molar-refractivity contribution in [1.29, 1.82) is 0 Å². The van der Waals surface area contributed by atoms with Gasteiger partial charge >= 0.3 is 5.97 Å². The number of ketones is 1. The first kappa shape index (κ1) is 20.9. The van der Waals surface area contributed by atoms with Gasteiger partial charge in [0, 0.05) is 21.8 Å². The van der Waals surface area contributed by atoms with Gasteiger partial charge in [-0.1, -0.05) is 36.4 Å². The summed E-state index contributed by atoms with van der Waals surface area (Å²) in [6.07, 6.45) is 0. The molecule has 0 bridgehead atoms. The number of carbonyl (C=O) groups is 2. The molecule has 0 spiro atoms. The summed E-state index contributed by atoms with van der Waals surface area (Å²) < 4.78 is 12.8. The van der Waals surface area contributed by atoms with Crippen LogP contribution in [0.2, 0.25) is 0 Å². The van der Waals surface area contributed by atoms with Crippen LogP contribution in [0.5, 0.6) is 5.75 Å². The zero-order valence-corrected chi connectivity index (χ0v) is 18.3. The molecular weight excluding hydrogens is 410 g/mol. The predicted molar refractivity (Wildman–Crippen MR) is 122 cm³/mol. The molecule has 0 saturated heterocycles. The maximum absolute atomic E-state index is 12.6. The molecule has 2 aromatic heterocycles. The minimum atomic E-state index is -0.575. The van der Waals surface area contributed by atoms with Crippen molar-refractivity contribution in [3.8, 4) is 5.75 Å². The third-order valence-corrected chi connectivity index (χ3v) is 6.07. The van der Waals surface area contributed by atoms with E-state index in [4.69, 9.17) is 9.47 Å². The van der Waals surface area contributed by atoms with E-state index in [-0.39, 0.29) is 19.0 Å². The summed E-state index contributed by atoms with van der Waals surface area (Å²) in [6, 6.07) is 19.5. The topological polar surface area (TPSA) is 57.5 Å². The fourth-order valence-electron chi connectivity index (χ4n) is 3.55. The minimum Gasteiger partial charge on any atom is -0.482 e. The summed E-state index contributed by atoms with van der Waals surface area (Å²) in [6.45, 7) is 4.06. The molecule has 2 heterocycles. The molecule has 0 aliphatic rings. The molecule has 0 N–H and O–H groups in total. The Morgan fingerprint density at radius 3 is 2.52 bits per heavy atom. The number of aryl methyl sites for hydroxylation is 1. The first-order chi connectivity index (χ1) is 15.0. The number of hydrogen-bond acceptors (Lipinski definition) is 5. The number of Topliss-reactive ketones (excluding diaryl/α,β-unsaturated/α-hetero) is 1. The molecule has 0 saturated carbocycles. The highest BCUT2D eigenvalue weighted by atomic mass is 32.1. The monoisotopic (exact) mass is 433 g/mol. The van der Waals surface area contributed by atoms with E-state index in [1.54, 1.807) is 11.3 Å². The number of nitrogens with zero attached hydrogens (tertiary/aromatic N) is 1. The molecule has 0 radical (unpaired) electrons. The number of hydrogen-bond donors (Lipinski definition) is 0. The Labute approximate surface area is 184 Å². The molecule has 0 aliphatic heterocycles. The van der Waals surface area contributed by atoms with Crippen molar-refractivity contribution in [2.24, 2.45) is 0 Å². The van der Waals surface area contributed by atoms with Gasteiger partial charge in [-0.2, -0.15) is 0 Å². The zero-order valence-electron chi connectivity index (χ0n) is 17.5. The molecule has 2 aromatic carbocycles. The first-order valence-corrected chi connectivity index (χ1v) is 10.9. The summed E-state index contributed by atoms with van der Waals surface area (Å²) in [7, 11) is 0. The summed E-state index contributed by atoms with van der Waals surface area (Å²) >= 11 is 1.68. The third kappa shape index (κ3) is 4.86. The summed E-state index contributed by atoms with van der Waals surface area (Å²) in [5.41, 5.74) is 2.46. The molecule has 5 nitrogen and oxygen atoms in total. The van der Waals surface area contributed by atoms with Crippen LogP contribution in [-0.2, 0) is 16.1 Å². The Kier molecular flexibility index (Phi) is 6.18. The van der Waals surface area contributed by atoms with Gasteiger partial charge in [0.2, 0.25) is 5.78 Å². The average Bonchev–Trinajstić information content (AvgIpc) is 3.39. The van der Waals surface area contributed by atoms with E-state index in [2.05, 4.69) is 10.6 Å². The van der Waals surface area contributed by atoms with E-state index in [0.29, 0.717) is 11.3 Å². The lowest BCUT2D eigenvalue weighted by Crippen LogP contribution is -2.20. The lowest BCUT2D eigenvalue weighted by molar-refractivity contribution is -0.144. The Bertz CT molecular complexity index is 1220. The van der Waals surface area contributed by atoms with Crippen LogP contribution in [0.25, 0.3) is 10.8 Å². The second kappa shape index (κ2) is 9.18. The Morgan fingerprint density at radius 1 is 0.935 bits per heavy atom. The molecular formula is C25H23NO4S. The maximum atomic E-state index is 12.6. The Hall–Kier alpha value is -3.38. The Balaban J connectivity index is 1.32. The van der Waals surface area contributed by atoms with Gasteiger partial charge < -0.3 is 14.0 Å². The SMILES string of the molecule is Cc1cc(C(=O)COC(=O)COc2ccc3ccccc3c2)c(C)n1Cc1cccs1. The molecule has 0 atom stereocenters. The van der Waals surface area contributed by atoms with Crippen molar-refractivity contribution in [3.05, 3.63) is 87.9 Å². The van der Waals surface area contributed by atoms with Crippen molar-refractivity contribution >= 4 is 33.9 Å². The first-order valence-electron chi connectivity index (χ1n) is 10.0. The van der Waals surface area contributed by atoms with E-state index in [1.807, 2.05) is 73.8 Å². The number of fused-ring (bicyclic) bond motifs is 1.